The van der Waals surface area contributed by atoms with Crippen LogP contribution in [0.5, 0.6) is 5.75 Å². The highest BCUT2D eigenvalue weighted by Gasteiger charge is 2.16. The van der Waals surface area contributed by atoms with Crippen LogP contribution in [0.3, 0.4) is 0 Å². The van der Waals surface area contributed by atoms with Gasteiger partial charge in [-0.3, -0.25) is 4.98 Å². The molecular weight excluding hydrogens is 333 g/mol. The lowest BCUT2D eigenvalue weighted by Crippen LogP contribution is -2.09. The normalized spacial score (nSPS) is 12.2. The summed E-state index contributed by atoms with van der Waals surface area (Å²) in [4.78, 5) is 4.53. The molecule has 0 fully saturated rings. The van der Waals surface area contributed by atoms with Gasteiger partial charge in [0, 0.05) is 28.3 Å². The molecular formula is C17H19BrFNO. The lowest BCUT2D eigenvalue weighted by Gasteiger charge is -2.17. The molecule has 0 N–H and O–H groups in total. The van der Waals surface area contributed by atoms with Crippen LogP contribution in [0.1, 0.15) is 28.3 Å². The second kappa shape index (κ2) is 7.03. The standard InChI is InChI=1S/C17H19BrFNO/c1-11-10-20-16(12(2)17(11)21-3)8-14(9-18)13-5-4-6-15(19)7-13/h4-7,10,14H,8-9H2,1-3H3. The zero-order valence-corrected chi connectivity index (χ0v) is 14.1. The highest BCUT2D eigenvalue weighted by atomic mass is 79.9. The second-order valence-corrected chi connectivity index (χ2v) is 5.80. The van der Waals surface area contributed by atoms with E-state index in [0.717, 1.165) is 39.9 Å². The number of hydrogen-bond acceptors (Lipinski definition) is 2. The maximum absolute atomic E-state index is 13.4. The molecule has 0 bridgehead atoms. The monoisotopic (exact) mass is 351 g/mol. The van der Waals surface area contributed by atoms with E-state index < -0.39 is 0 Å². The van der Waals surface area contributed by atoms with Gasteiger partial charge in [0.15, 0.2) is 0 Å². The minimum Gasteiger partial charge on any atom is -0.496 e. The van der Waals surface area contributed by atoms with E-state index in [1.165, 1.54) is 6.07 Å². The molecule has 0 aliphatic carbocycles. The first-order valence-electron chi connectivity index (χ1n) is 6.87. The summed E-state index contributed by atoms with van der Waals surface area (Å²) in [6, 6.07) is 6.76. The van der Waals surface area contributed by atoms with E-state index in [4.69, 9.17) is 4.74 Å². The van der Waals surface area contributed by atoms with Gasteiger partial charge in [0.2, 0.25) is 0 Å². The number of aromatic nitrogens is 1. The summed E-state index contributed by atoms with van der Waals surface area (Å²) < 4.78 is 18.8. The highest BCUT2D eigenvalue weighted by Crippen LogP contribution is 2.29. The Bertz CT molecular complexity index is 630. The molecule has 1 heterocycles. The van der Waals surface area contributed by atoms with Gasteiger partial charge in [0.1, 0.15) is 11.6 Å². The zero-order valence-electron chi connectivity index (χ0n) is 12.5. The second-order valence-electron chi connectivity index (χ2n) is 5.16. The van der Waals surface area contributed by atoms with Gasteiger partial charge in [-0.25, -0.2) is 4.39 Å². The summed E-state index contributed by atoms with van der Waals surface area (Å²) in [5.74, 6) is 0.858. The Kier molecular flexibility index (Phi) is 5.34. The molecule has 0 radical (unpaired) electrons. The number of methoxy groups -OCH3 is 1. The zero-order chi connectivity index (χ0) is 15.4. The minimum atomic E-state index is -0.204. The van der Waals surface area contributed by atoms with Crippen molar-refractivity contribution in [2.24, 2.45) is 0 Å². The van der Waals surface area contributed by atoms with E-state index in [1.807, 2.05) is 26.1 Å². The number of hydrogen-bond donors (Lipinski definition) is 0. The minimum absolute atomic E-state index is 0.180. The van der Waals surface area contributed by atoms with E-state index in [-0.39, 0.29) is 11.7 Å². The molecule has 1 atom stereocenters. The number of benzene rings is 1. The maximum Gasteiger partial charge on any atom is 0.128 e. The Morgan fingerprint density at radius 1 is 1.33 bits per heavy atom. The summed E-state index contributed by atoms with van der Waals surface area (Å²) in [5, 5.41) is 0.758. The molecule has 0 aliphatic heterocycles. The van der Waals surface area contributed by atoms with E-state index in [2.05, 4.69) is 20.9 Å². The van der Waals surface area contributed by atoms with Gasteiger partial charge in [0.25, 0.3) is 0 Å². The summed E-state index contributed by atoms with van der Waals surface area (Å²) in [7, 11) is 1.67. The van der Waals surface area contributed by atoms with Crippen LogP contribution in [-0.2, 0) is 6.42 Å². The van der Waals surface area contributed by atoms with Crippen LogP contribution in [-0.4, -0.2) is 17.4 Å². The quantitative estimate of drug-likeness (QED) is 0.736. The third-order valence-corrected chi connectivity index (χ3v) is 4.48. The van der Waals surface area contributed by atoms with E-state index in [1.54, 1.807) is 19.2 Å². The molecule has 0 saturated heterocycles. The van der Waals surface area contributed by atoms with Gasteiger partial charge in [-0.2, -0.15) is 0 Å². The molecule has 0 aliphatic rings. The fourth-order valence-electron chi connectivity index (χ4n) is 2.53. The topological polar surface area (TPSA) is 22.1 Å². The molecule has 2 aromatic rings. The van der Waals surface area contributed by atoms with E-state index in [0.29, 0.717) is 0 Å². The Balaban J connectivity index is 2.31. The van der Waals surface area contributed by atoms with Crippen molar-refractivity contribution in [1.82, 2.24) is 4.98 Å². The van der Waals surface area contributed by atoms with Crippen LogP contribution in [0.15, 0.2) is 30.5 Å². The van der Waals surface area contributed by atoms with Gasteiger partial charge in [-0.05, 0) is 43.9 Å². The van der Waals surface area contributed by atoms with Crippen LogP contribution in [0.25, 0.3) is 0 Å². The molecule has 0 amide bonds. The summed E-state index contributed by atoms with van der Waals surface area (Å²) >= 11 is 3.53. The van der Waals surface area contributed by atoms with Gasteiger partial charge in [-0.1, -0.05) is 28.1 Å². The Hall–Kier alpha value is -1.42. The number of pyridine rings is 1. The van der Waals surface area contributed by atoms with Crippen molar-refractivity contribution in [3.05, 3.63) is 58.7 Å². The average molecular weight is 352 g/mol. The third kappa shape index (κ3) is 3.62. The third-order valence-electron chi connectivity index (χ3n) is 3.70. The maximum atomic E-state index is 13.4. The van der Waals surface area contributed by atoms with Crippen molar-refractivity contribution in [2.75, 3.05) is 12.4 Å². The van der Waals surface area contributed by atoms with Crippen molar-refractivity contribution < 1.29 is 9.13 Å². The SMILES string of the molecule is COc1c(C)cnc(CC(CBr)c2cccc(F)c2)c1C. The number of alkyl halides is 1. The molecule has 21 heavy (non-hydrogen) atoms. The van der Waals surface area contributed by atoms with Crippen molar-refractivity contribution >= 4 is 15.9 Å². The summed E-state index contributed by atoms with van der Waals surface area (Å²) in [6.07, 6.45) is 2.58. The lowest BCUT2D eigenvalue weighted by atomic mass is 9.94. The first-order valence-corrected chi connectivity index (χ1v) is 7.99. The lowest BCUT2D eigenvalue weighted by molar-refractivity contribution is 0.406. The van der Waals surface area contributed by atoms with Crippen LogP contribution < -0.4 is 4.74 Å². The smallest absolute Gasteiger partial charge is 0.128 e. The molecule has 112 valence electrons. The molecule has 2 rings (SSSR count). The number of halogens is 2. The fourth-order valence-corrected chi connectivity index (χ4v) is 3.14. The predicted molar refractivity (Wildman–Crippen MR) is 86.9 cm³/mol. The summed E-state index contributed by atoms with van der Waals surface area (Å²) in [6.45, 7) is 4.00. The Morgan fingerprint density at radius 2 is 2.10 bits per heavy atom. The van der Waals surface area contributed by atoms with Crippen LogP contribution >= 0.6 is 15.9 Å². The first kappa shape index (κ1) is 16.0. The fraction of sp³-hybridized carbons (Fsp3) is 0.353. The van der Waals surface area contributed by atoms with Crippen molar-refractivity contribution in [3.8, 4) is 5.75 Å². The molecule has 0 spiro atoms. The van der Waals surface area contributed by atoms with Gasteiger partial charge >= 0.3 is 0 Å². The van der Waals surface area contributed by atoms with Gasteiger partial charge in [-0.15, -0.1) is 0 Å². The highest BCUT2D eigenvalue weighted by molar-refractivity contribution is 9.09. The van der Waals surface area contributed by atoms with Gasteiger partial charge in [0.05, 0.1) is 7.11 Å². The largest absolute Gasteiger partial charge is 0.496 e. The predicted octanol–water partition coefficient (Wildman–Crippen LogP) is 4.57. The number of aryl methyl sites for hydroxylation is 1. The Labute approximate surface area is 133 Å². The van der Waals surface area contributed by atoms with E-state index in [9.17, 15) is 4.39 Å². The number of ether oxygens (including phenoxy) is 1. The molecule has 4 heteroatoms. The van der Waals surface area contributed by atoms with E-state index >= 15 is 0 Å². The molecule has 1 aromatic heterocycles. The Morgan fingerprint density at radius 3 is 2.71 bits per heavy atom. The first-order chi connectivity index (χ1) is 10.1. The summed E-state index contributed by atoms with van der Waals surface area (Å²) in [5.41, 5.74) is 4.05. The molecule has 0 saturated carbocycles. The molecule has 1 unspecified atom stereocenters. The van der Waals surface area contributed by atoms with Crippen LogP contribution in [0.4, 0.5) is 4.39 Å². The van der Waals surface area contributed by atoms with Gasteiger partial charge < -0.3 is 4.74 Å². The molecule has 1 aromatic carbocycles. The van der Waals surface area contributed by atoms with Crippen LogP contribution in [0, 0.1) is 19.7 Å². The number of rotatable bonds is 5. The van der Waals surface area contributed by atoms with Crippen molar-refractivity contribution in [1.29, 1.82) is 0 Å². The number of nitrogens with zero attached hydrogens (tertiary/aromatic N) is 1. The average Bonchev–Trinajstić information content (AvgIpc) is 2.47. The molecule has 2 nitrogen and oxygen atoms in total. The van der Waals surface area contributed by atoms with Crippen molar-refractivity contribution in [2.45, 2.75) is 26.2 Å². The van der Waals surface area contributed by atoms with Crippen LogP contribution in [0.2, 0.25) is 0 Å². The van der Waals surface area contributed by atoms with Crippen molar-refractivity contribution in [3.63, 3.8) is 0 Å².